The zero-order valence-electron chi connectivity index (χ0n) is 10.5. The van der Waals surface area contributed by atoms with Crippen LogP contribution in [0.15, 0.2) is 36.7 Å². The summed E-state index contributed by atoms with van der Waals surface area (Å²) in [6.45, 7) is 0.496. The molecule has 98 valence electrons. The van der Waals surface area contributed by atoms with E-state index < -0.39 is 5.91 Å². The minimum atomic E-state index is -0.511. The van der Waals surface area contributed by atoms with Crippen molar-refractivity contribution in [2.24, 2.45) is 5.73 Å². The smallest absolute Gasteiger partial charge is 0.252 e. The van der Waals surface area contributed by atoms with Crippen molar-refractivity contribution in [3.63, 3.8) is 0 Å². The molecule has 0 radical (unpaired) electrons. The highest BCUT2D eigenvalue weighted by Gasteiger charge is 2.08. The van der Waals surface area contributed by atoms with Gasteiger partial charge in [0.15, 0.2) is 0 Å². The predicted molar refractivity (Wildman–Crippen MR) is 70.9 cm³/mol. The zero-order chi connectivity index (χ0) is 13.7. The molecule has 0 aromatic carbocycles. The molecular weight excluding hydrogens is 244 g/mol. The van der Waals surface area contributed by atoms with Gasteiger partial charge in [0, 0.05) is 25.0 Å². The maximum absolute atomic E-state index is 11.2. The van der Waals surface area contributed by atoms with Gasteiger partial charge in [0.05, 0.1) is 12.7 Å². The Morgan fingerprint density at radius 3 is 2.95 bits per heavy atom. The van der Waals surface area contributed by atoms with E-state index in [-0.39, 0.29) is 0 Å². The fourth-order valence-electron chi connectivity index (χ4n) is 1.60. The van der Waals surface area contributed by atoms with E-state index in [1.54, 1.807) is 37.7 Å². The third kappa shape index (κ3) is 3.19. The third-order valence-electron chi connectivity index (χ3n) is 2.54. The fraction of sp³-hybridized carbons (Fsp3) is 0.154. The molecule has 2 rings (SSSR count). The molecule has 1 amide bonds. The number of primary amides is 1. The van der Waals surface area contributed by atoms with Crippen molar-refractivity contribution < 1.29 is 9.53 Å². The van der Waals surface area contributed by atoms with Gasteiger partial charge in [-0.05, 0) is 23.8 Å². The number of amides is 1. The molecule has 0 fully saturated rings. The number of hydrogen-bond acceptors (Lipinski definition) is 5. The second-order valence-corrected chi connectivity index (χ2v) is 3.82. The Labute approximate surface area is 110 Å². The zero-order valence-corrected chi connectivity index (χ0v) is 10.5. The minimum Gasteiger partial charge on any atom is -0.481 e. The van der Waals surface area contributed by atoms with E-state index in [0.717, 1.165) is 5.56 Å². The summed E-state index contributed by atoms with van der Waals surface area (Å²) in [5, 5.41) is 3.07. The first-order valence-corrected chi connectivity index (χ1v) is 5.68. The monoisotopic (exact) mass is 258 g/mol. The van der Waals surface area contributed by atoms with E-state index in [9.17, 15) is 4.79 Å². The summed E-state index contributed by atoms with van der Waals surface area (Å²) in [5.41, 5.74) is 6.61. The Morgan fingerprint density at radius 2 is 2.21 bits per heavy atom. The fourth-order valence-corrected chi connectivity index (χ4v) is 1.60. The summed E-state index contributed by atoms with van der Waals surface area (Å²) in [6.07, 6.45) is 3.26. The molecule has 6 nitrogen and oxygen atoms in total. The van der Waals surface area contributed by atoms with Gasteiger partial charge in [-0.2, -0.15) is 0 Å². The van der Waals surface area contributed by atoms with Gasteiger partial charge >= 0.3 is 0 Å². The molecule has 0 unspecified atom stereocenters. The van der Waals surface area contributed by atoms with E-state index >= 15 is 0 Å². The highest BCUT2D eigenvalue weighted by Crippen LogP contribution is 2.14. The third-order valence-corrected chi connectivity index (χ3v) is 2.54. The maximum Gasteiger partial charge on any atom is 0.252 e. The summed E-state index contributed by atoms with van der Waals surface area (Å²) < 4.78 is 5.04. The van der Waals surface area contributed by atoms with Gasteiger partial charge in [-0.3, -0.25) is 4.79 Å². The molecule has 0 aliphatic heterocycles. The molecule has 0 saturated heterocycles. The number of carbonyl (C=O) groups is 1. The molecule has 0 bridgehead atoms. The molecule has 19 heavy (non-hydrogen) atoms. The summed E-state index contributed by atoms with van der Waals surface area (Å²) in [5.74, 6) is 0.490. The number of carbonyl (C=O) groups excluding carboxylic acids is 1. The summed E-state index contributed by atoms with van der Waals surface area (Å²) >= 11 is 0. The number of anilines is 1. The van der Waals surface area contributed by atoms with Crippen molar-refractivity contribution >= 4 is 11.7 Å². The van der Waals surface area contributed by atoms with Crippen molar-refractivity contribution in [2.45, 2.75) is 6.54 Å². The predicted octanol–water partition coefficient (Wildman–Crippen LogP) is 1.20. The van der Waals surface area contributed by atoms with Crippen molar-refractivity contribution in [1.82, 2.24) is 9.97 Å². The van der Waals surface area contributed by atoms with E-state index in [1.807, 2.05) is 6.07 Å². The number of nitrogens with one attached hydrogen (secondary N) is 1. The average Bonchev–Trinajstić information content (AvgIpc) is 2.45. The first kappa shape index (κ1) is 12.8. The molecule has 0 atom stereocenters. The number of aromatic nitrogens is 2. The molecule has 6 heteroatoms. The number of ether oxygens (including phenoxy) is 1. The topological polar surface area (TPSA) is 90.1 Å². The first-order valence-electron chi connectivity index (χ1n) is 5.68. The van der Waals surface area contributed by atoms with E-state index in [4.69, 9.17) is 10.5 Å². The summed E-state index contributed by atoms with van der Waals surface area (Å²) in [6, 6.07) is 6.95. The van der Waals surface area contributed by atoms with Crippen LogP contribution in [0.5, 0.6) is 5.88 Å². The Hall–Kier alpha value is -2.63. The normalized spacial score (nSPS) is 9.95. The molecule has 2 aromatic rings. The maximum atomic E-state index is 11.2. The van der Waals surface area contributed by atoms with Crippen LogP contribution in [0.2, 0.25) is 0 Å². The number of nitrogens with zero attached hydrogens (tertiary/aromatic N) is 2. The van der Waals surface area contributed by atoms with Crippen LogP contribution in [-0.4, -0.2) is 23.0 Å². The minimum absolute atomic E-state index is 0.364. The van der Waals surface area contributed by atoms with Crippen LogP contribution in [-0.2, 0) is 6.54 Å². The van der Waals surface area contributed by atoms with Gasteiger partial charge in [0.1, 0.15) is 5.82 Å². The van der Waals surface area contributed by atoms with Crippen molar-refractivity contribution in [3.05, 3.63) is 47.8 Å². The van der Waals surface area contributed by atoms with Crippen LogP contribution in [0.25, 0.3) is 0 Å². The van der Waals surface area contributed by atoms with Crippen molar-refractivity contribution in [1.29, 1.82) is 0 Å². The van der Waals surface area contributed by atoms with Crippen LogP contribution in [0, 0.1) is 0 Å². The highest BCUT2D eigenvalue weighted by atomic mass is 16.5. The van der Waals surface area contributed by atoms with Gasteiger partial charge in [-0.1, -0.05) is 0 Å². The quantitative estimate of drug-likeness (QED) is 0.840. The van der Waals surface area contributed by atoms with E-state index in [2.05, 4.69) is 15.3 Å². The lowest BCUT2D eigenvalue weighted by molar-refractivity contribution is 0.100. The number of methoxy groups -OCH3 is 1. The van der Waals surface area contributed by atoms with Gasteiger partial charge in [-0.15, -0.1) is 0 Å². The molecule has 2 aromatic heterocycles. The lowest BCUT2D eigenvalue weighted by Crippen LogP contribution is -2.15. The Kier molecular flexibility index (Phi) is 3.92. The van der Waals surface area contributed by atoms with Gasteiger partial charge in [0.25, 0.3) is 5.91 Å². The lowest BCUT2D eigenvalue weighted by Gasteiger charge is -2.09. The first-order chi connectivity index (χ1) is 9.20. The SMILES string of the molecule is COc1cc(CNc2ncccc2C(N)=O)ccn1. The number of rotatable bonds is 5. The summed E-state index contributed by atoms with van der Waals surface area (Å²) in [7, 11) is 1.56. The number of hydrogen-bond donors (Lipinski definition) is 2. The molecular formula is C13H14N4O2. The largest absolute Gasteiger partial charge is 0.481 e. The van der Waals surface area contributed by atoms with Crippen molar-refractivity contribution in [3.8, 4) is 5.88 Å². The molecule has 0 saturated carbocycles. The van der Waals surface area contributed by atoms with Crippen LogP contribution in [0.3, 0.4) is 0 Å². The lowest BCUT2D eigenvalue weighted by atomic mass is 10.2. The van der Waals surface area contributed by atoms with Gasteiger partial charge < -0.3 is 15.8 Å². The van der Waals surface area contributed by atoms with E-state index in [1.165, 1.54) is 0 Å². The van der Waals surface area contributed by atoms with Crippen LogP contribution < -0.4 is 15.8 Å². The second-order valence-electron chi connectivity index (χ2n) is 3.82. The highest BCUT2D eigenvalue weighted by molar-refractivity contribution is 5.97. The van der Waals surface area contributed by atoms with E-state index in [0.29, 0.717) is 23.8 Å². The molecule has 0 aliphatic rings. The van der Waals surface area contributed by atoms with Crippen molar-refractivity contribution in [2.75, 3.05) is 12.4 Å². The van der Waals surface area contributed by atoms with Crippen LogP contribution >= 0.6 is 0 Å². The molecule has 3 N–H and O–H groups in total. The van der Waals surface area contributed by atoms with Gasteiger partial charge in [-0.25, -0.2) is 9.97 Å². The second kappa shape index (κ2) is 5.81. The molecule has 2 heterocycles. The Balaban J connectivity index is 2.12. The number of pyridine rings is 2. The molecule has 0 aliphatic carbocycles. The average molecular weight is 258 g/mol. The summed E-state index contributed by atoms with van der Waals surface area (Å²) in [4.78, 5) is 19.4. The molecule has 0 spiro atoms. The van der Waals surface area contributed by atoms with Crippen LogP contribution in [0.1, 0.15) is 15.9 Å². The Morgan fingerprint density at radius 1 is 1.37 bits per heavy atom. The van der Waals surface area contributed by atoms with Gasteiger partial charge in [0.2, 0.25) is 5.88 Å². The Bertz CT molecular complexity index is 586. The standard InChI is InChI=1S/C13H14N4O2/c1-19-11-7-9(4-6-15-11)8-17-13-10(12(14)18)3-2-5-16-13/h2-7H,8H2,1H3,(H2,14,18)(H,16,17). The number of nitrogens with two attached hydrogens (primary N) is 1. The van der Waals surface area contributed by atoms with Crippen LogP contribution in [0.4, 0.5) is 5.82 Å².